The molecular formula is C18H18BCl2N5O2S. The van der Waals surface area contributed by atoms with Crippen LogP contribution in [0.3, 0.4) is 0 Å². The molecule has 0 spiro atoms. The van der Waals surface area contributed by atoms with Crippen LogP contribution in [0.4, 0.5) is 5.82 Å². The molecule has 1 aromatic carbocycles. The van der Waals surface area contributed by atoms with Gasteiger partial charge < -0.3 is 5.32 Å². The van der Waals surface area contributed by atoms with E-state index in [0.29, 0.717) is 47.3 Å². The van der Waals surface area contributed by atoms with Gasteiger partial charge in [0.1, 0.15) is 13.7 Å². The van der Waals surface area contributed by atoms with Gasteiger partial charge in [-0.15, -0.1) is 0 Å². The van der Waals surface area contributed by atoms with Crippen LogP contribution in [-0.4, -0.2) is 54.8 Å². The van der Waals surface area contributed by atoms with Crippen LogP contribution in [0.5, 0.6) is 0 Å². The van der Waals surface area contributed by atoms with Crippen LogP contribution in [0.2, 0.25) is 5.02 Å². The van der Waals surface area contributed by atoms with Gasteiger partial charge in [-0.1, -0.05) is 29.8 Å². The van der Waals surface area contributed by atoms with Gasteiger partial charge in [0.05, 0.1) is 5.69 Å². The smallest absolute Gasteiger partial charge is 0.299 e. The molecule has 1 N–H and O–H groups in total. The number of nitrogens with one attached hydrogen (secondary N) is 1. The fourth-order valence-corrected chi connectivity index (χ4v) is 4.90. The Morgan fingerprint density at radius 2 is 2.10 bits per heavy atom. The molecule has 3 aromatic rings. The highest BCUT2D eigenvalue weighted by molar-refractivity contribution is 8.11. The zero-order valence-corrected chi connectivity index (χ0v) is 17.8. The van der Waals surface area contributed by atoms with Crippen LogP contribution >= 0.6 is 22.3 Å². The number of hydrogen-bond acceptors (Lipinski definition) is 5. The molecule has 7 nitrogen and oxygen atoms in total. The number of rotatable bonds is 5. The second-order valence-electron chi connectivity index (χ2n) is 7.03. The molecule has 1 unspecified atom stereocenters. The lowest BCUT2D eigenvalue weighted by molar-refractivity contribution is 0.279. The molecule has 0 bridgehead atoms. The molecular weight excluding hydrogens is 432 g/mol. The van der Waals surface area contributed by atoms with E-state index in [-0.39, 0.29) is 5.92 Å². The molecule has 150 valence electrons. The van der Waals surface area contributed by atoms with Crippen molar-refractivity contribution in [2.24, 2.45) is 5.92 Å². The average molecular weight is 450 g/mol. The molecule has 0 saturated carbocycles. The Labute approximate surface area is 180 Å². The Kier molecular flexibility index (Phi) is 5.75. The molecule has 29 heavy (non-hydrogen) atoms. The van der Waals surface area contributed by atoms with Gasteiger partial charge >= 0.3 is 0 Å². The number of halogens is 2. The molecule has 1 atom stereocenters. The van der Waals surface area contributed by atoms with Crippen molar-refractivity contribution in [2.45, 2.75) is 12.8 Å². The third kappa shape index (κ3) is 4.38. The predicted octanol–water partition coefficient (Wildman–Crippen LogP) is 2.45. The molecule has 1 aliphatic heterocycles. The van der Waals surface area contributed by atoms with E-state index in [4.69, 9.17) is 30.1 Å². The lowest BCUT2D eigenvalue weighted by atomic mass is 9.99. The van der Waals surface area contributed by atoms with Crippen molar-refractivity contribution < 1.29 is 8.42 Å². The fourth-order valence-electron chi connectivity index (χ4n) is 3.55. The van der Waals surface area contributed by atoms with Crippen molar-refractivity contribution in [3.8, 4) is 11.3 Å². The van der Waals surface area contributed by atoms with E-state index < -0.39 is 9.24 Å². The van der Waals surface area contributed by atoms with Crippen LogP contribution < -0.4 is 10.8 Å². The maximum Gasteiger partial charge on any atom is 0.299 e. The van der Waals surface area contributed by atoms with E-state index >= 15 is 0 Å². The predicted molar refractivity (Wildman–Crippen MR) is 116 cm³/mol. The first-order valence-corrected chi connectivity index (χ1v) is 11.8. The number of benzene rings is 1. The number of piperidine rings is 1. The van der Waals surface area contributed by atoms with Gasteiger partial charge in [-0.2, -0.15) is 22.3 Å². The van der Waals surface area contributed by atoms with E-state index in [9.17, 15) is 8.42 Å². The molecule has 1 aliphatic rings. The molecule has 11 heteroatoms. The van der Waals surface area contributed by atoms with Crippen LogP contribution in [0.1, 0.15) is 12.8 Å². The summed E-state index contributed by atoms with van der Waals surface area (Å²) in [5.41, 5.74) is 2.45. The minimum absolute atomic E-state index is 0.122. The van der Waals surface area contributed by atoms with Crippen LogP contribution in [0.15, 0.2) is 36.5 Å². The van der Waals surface area contributed by atoms with E-state index in [1.165, 1.54) is 4.31 Å². The molecule has 1 fully saturated rings. The summed E-state index contributed by atoms with van der Waals surface area (Å²) in [6.07, 6.45) is 3.22. The largest absolute Gasteiger partial charge is 0.370 e. The third-order valence-electron chi connectivity index (χ3n) is 5.01. The Balaban J connectivity index is 1.62. The van der Waals surface area contributed by atoms with Crippen LogP contribution in [-0.2, 0) is 9.24 Å². The minimum atomic E-state index is -3.70. The van der Waals surface area contributed by atoms with Crippen molar-refractivity contribution in [3.63, 3.8) is 0 Å². The van der Waals surface area contributed by atoms with Gasteiger partial charge in [0.15, 0.2) is 5.65 Å². The number of anilines is 1. The highest BCUT2D eigenvalue weighted by Gasteiger charge is 2.27. The normalized spacial score (nSPS) is 18.2. The molecule has 1 saturated heterocycles. The van der Waals surface area contributed by atoms with Crippen molar-refractivity contribution in [3.05, 3.63) is 41.6 Å². The average Bonchev–Trinajstić information content (AvgIpc) is 3.07. The summed E-state index contributed by atoms with van der Waals surface area (Å²) in [5, 5.41) is 8.26. The molecule has 3 heterocycles. The number of hydrogen-bond donors (Lipinski definition) is 1. The third-order valence-corrected chi connectivity index (χ3v) is 6.87. The van der Waals surface area contributed by atoms with Crippen molar-refractivity contribution in [1.82, 2.24) is 18.9 Å². The lowest BCUT2D eigenvalue weighted by Gasteiger charge is -2.30. The fraction of sp³-hybridized carbons (Fsp3) is 0.333. The van der Waals surface area contributed by atoms with Crippen LogP contribution in [0.25, 0.3) is 16.9 Å². The van der Waals surface area contributed by atoms with Gasteiger partial charge in [0, 0.05) is 53.2 Å². The Hall–Kier alpha value is -1.81. The summed E-state index contributed by atoms with van der Waals surface area (Å²) in [4.78, 5) is 4.61. The summed E-state index contributed by atoms with van der Waals surface area (Å²) in [5.74, 6) is 0.824. The van der Waals surface area contributed by atoms with Crippen molar-refractivity contribution >= 4 is 56.3 Å². The maximum absolute atomic E-state index is 11.6. The van der Waals surface area contributed by atoms with Gasteiger partial charge in [-0.05, 0) is 30.3 Å². The molecule has 2 aromatic heterocycles. The van der Waals surface area contributed by atoms with E-state index in [2.05, 4.69) is 15.4 Å². The first-order chi connectivity index (χ1) is 13.8. The van der Waals surface area contributed by atoms with Crippen LogP contribution in [0, 0.1) is 5.92 Å². The van der Waals surface area contributed by atoms with E-state index in [0.717, 1.165) is 18.4 Å². The van der Waals surface area contributed by atoms with E-state index in [1.807, 2.05) is 24.3 Å². The second kappa shape index (κ2) is 8.14. The minimum Gasteiger partial charge on any atom is -0.370 e. The molecule has 2 radical (unpaired) electrons. The highest BCUT2D eigenvalue weighted by Crippen LogP contribution is 2.28. The summed E-state index contributed by atoms with van der Waals surface area (Å²) in [7, 11) is 7.85. The van der Waals surface area contributed by atoms with Crippen molar-refractivity contribution in [1.29, 1.82) is 0 Å². The quantitative estimate of drug-likeness (QED) is 0.478. The number of fused-ring (bicyclic) bond motifs is 1. The summed E-state index contributed by atoms with van der Waals surface area (Å²) >= 11 is 6.34. The standard InChI is InChI=1S/C18H18BCl2N5O2S/c19-14-10-23-26-17(22-9-12-4-3-7-25(11-12)29(21,27)28)8-16(24-18(14)26)13-5-1-2-6-15(13)20/h1-2,5-6,8,10,12,22H,3-4,7,9,11H2. The topological polar surface area (TPSA) is 79.6 Å². The number of aromatic nitrogens is 3. The van der Waals surface area contributed by atoms with Gasteiger partial charge in [-0.3, -0.25) is 0 Å². The first kappa shape index (κ1) is 20.5. The molecule has 4 rings (SSSR count). The maximum atomic E-state index is 11.6. The zero-order valence-electron chi connectivity index (χ0n) is 15.4. The Bertz CT molecular complexity index is 1150. The van der Waals surface area contributed by atoms with Gasteiger partial charge in [0.25, 0.3) is 9.24 Å². The SMILES string of the molecule is [B]c1cnn2c(NCC3CCCN(S(=O)(=O)Cl)C3)cc(-c3ccccc3Cl)nc12. The summed E-state index contributed by atoms with van der Waals surface area (Å²) in [6.45, 7) is 1.39. The first-order valence-electron chi connectivity index (χ1n) is 9.15. The van der Waals surface area contributed by atoms with E-state index in [1.54, 1.807) is 16.8 Å². The zero-order chi connectivity index (χ0) is 20.6. The molecule has 0 amide bonds. The Morgan fingerprint density at radius 3 is 2.86 bits per heavy atom. The Morgan fingerprint density at radius 1 is 1.31 bits per heavy atom. The monoisotopic (exact) mass is 449 g/mol. The summed E-state index contributed by atoms with van der Waals surface area (Å²) < 4.78 is 26.2. The molecule has 0 aliphatic carbocycles. The van der Waals surface area contributed by atoms with Crippen molar-refractivity contribution in [2.75, 3.05) is 25.0 Å². The summed E-state index contributed by atoms with van der Waals surface area (Å²) in [6, 6.07) is 9.31. The van der Waals surface area contributed by atoms with Gasteiger partial charge in [-0.25, -0.2) is 4.98 Å². The highest BCUT2D eigenvalue weighted by atomic mass is 35.7. The van der Waals surface area contributed by atoms with Gasteiger partial charge in [0.2, 0.25) is 0 Å². The lowest BCUT2D eigenvalue weighted by Crippen LogP contribution is -2.39. The second-order valence-corrected chi connectivity index (χ2v) is 9.95. The number of nitrogens with zero attached hydrogens (tertiary/aromatic N) is 4.